The lowest BCUT2D eigenvalue weighted by Gasteiger charge is -2.27. The number of oxime groups is 1. The van der Waals surface area contributed by atoms with Crippen LogP contribution in [0.15, 0.2) is 47.6 Å². The minimum atomic E-state index is -1.18. The SMILES string of the molecule is CCC1(C(=O)N[C@@H](CC(=O)OC(C)(C)C)C(C)=O)CC(CCc2cccc3ccccc23)=NO1. The van der Waals surface area contributed by atoms with Gasteiger partial charge in [-0.05, 0) is 63.3 Å². The number of rotatable bonds is 9. The maximum atomic E-state index is 13.2. The minimum absolute atomic E-state index is 0.229. The fourth-order valence-corrected chi connectivity index (χ4v) is 4.08. The molecule has 0 aliphatic carbocycles. The van der Waals surface area contributed by atoms with Gasteiger partial charge < -0.3 is 14.9 Å². The van der Waals surface area contributed by atoms with Gasteiger partial charge in [-0.2, -0.15) is 0 Å². The molecular weight excluding hydrogens is 432 g/mol. The molecule has 0 fully saturated rings. The van der Waals surface area contributed by atoms with Crippen LogP contribution in [0.3, 0.4) is 0 Å². The molecule has 34 heavy (non-hydrogen) atoms. The second-order valence-electron chi connectivity index (χ2n) is 9.84. The number of amides is 1. The number of hydrogen-bond acceptors (Lipinski definition) is 6. The predicted molar refractivity (Wildman–Crippen MR) is 132 cm³/mol. The zero-order chi connectivity index (χ0) is 24.9. The summed E-state index contributed by atoms with van der Waals surface area (Å²) in [6, 6.07) is 13.5. The average Bonchev–Trinajstić information content (AvgIpc) is 3.20. The summed E-state index contributed by atoms with van der Waals surface area (Å²) in [5.74, 6) is -1.30. The highest BCUT2D eigenvalue weighted by atomic mass is 16.7. The summed E-state index contributed by atoms with van der Waals surface area (Å²) in [7, 11) is 0. The van der Waals surface area contributed by atoms with Crippen molar-refractivity contribution in [1.29, 1.82) is 0 Å². The smallest absolute Gasteiger partial charge is 0.308 e. The molecule has 1 N–H and O–H groups in total. The largest absolute Gasteiger partial charge is 0.460 e. The van der Waals surface area contributed by atoms with E-state index in [-0.39, 0.29) is 12.2 Å². The van der Waals surface area contributed by atoms with Crippen LogP contribution >= 0.6 is 0 Å². The van der Waals surface area contributed by atoms with Crippen LogP contribution in [0.25, 0.3) is 10.8 Å². The number of esters is 1. The number of carbonyl (C=O) groups is 3. The molecule has 7 heteroatoms. The molecule has 1 heterocycles. The molecule has 1 aliphatic rings. The van der Waals surface area contributed by atoms with E-state index in [4.69, 9.17) is 9.57 Å². The Morgan fingerprint density at radius 1 is 1.12 bits per heavy atom. The van der Waals surface area contributed by atoms with Gasteiger partial charge >= 0.3 is 5.97 Å². The fourth-order valence-electron chi connectivity index (χ4n) is 4.08. The molecule has 0 spiro atoms. The molecule has 0 bridgehead atoms. The van der Waals surface area contributed by atoms with E-state index in [0.717, 1.165) is 12.1 Å². The van der Waals surface area contributed by atoms with E-state index in [1.165, 1.54) is 23.3 Å². The van der Waals surface area contributed by atoms with Crippen molar-refractivity contribution >= 4 is 34.1 Å². The molecule has 0 radical (unpaired) electrons. The Bertz CT molecular complexity index is 1100. The fraction of sp³-hybridized carbons (Fsp3) is 0.481. The van der Waals surface area contributed by atoms with Crippen molar-refractivity contribution in [2.75, 3.05) is 0 Å². The molecule has 1 amide bonds. The number of fused-ring (bicyclic) bond motifs is 1. The van der Waals surface area contributed by atoms with Crippen molar-refractivity contribution < 1.29 is 24.0 Å². The third kappa shape index (κ3) is 6.22. The second kappa shape index (κ2) is 10.4. The van der Waals surface area contributed by atoms with E-state index in [2.05, 4.69) is 34.7 Å². The zero-order valence-corrected chi connectivity index (χ0v) is 20.6. The van der Waals surface area contributed by atoms with Gasteiger partial charge in [0, 0.05) is 6.42 Å². The first-order valence-corrected chi connectivity index (χ1v) is 11.8. The van der Waals surface area contributed by atoms with E-state index in [1.807, 2.05) is 25.1 Å². The topological polar surface area (TPSA) is 94.1 Å². The molecule has 7 nitrogen and oxygen atoms in total. The first kappa shape index (κ1) is 25.4. The van der Waals surface area contributed by atoms with Crippen LogP contribution in [0.5, 0.6) is 0 Å². The Balaban J connectivity index is 1.63. The molecule has 3 rings (SSSR count). The van der Waals surface area contributed by atoms with Crippen LogP contribution in [0.4, 0.5) is 0 Å². The van der Waals surface area contributed by atoms with Crippen molar-refractivity contribution in [3.8, 4) is 0 Å². The van der Waals surface area contributed by atoms with Gasteiger partial charge in [0.2, 0.25) is 5.60 Å². The molecule has 182 valence electrons. The van der Waals surface area contributed by atoms with Crippen LogP contribution in [0.1, 0.15) is 65.9 Å². The lowest BCUT2D eigenvalue weighted by atomic mass is 9.90. The van der Waals surface area contributed by atoms with Crippen LogP contribution in [-0.4, -0.2) is 40.6 Å². The number of ether oxygens (including phenoxy) is 1. The summed E-state index contributed by atoms with van der Waals surface area (Å²) in [6.45, 7) is 8.44. The van der Waals surface area contributed by atoms with Crippen molar-refractivity contribution in [3.05, 3.63) is 48.0 Å². The number of nitrogens with zero attached hydrogens (tertiary/aromatic N) is 1. The van der Waals surface area contributed by atoms with Crippen molar-refractivity contribution in [3.63, 3.8) is 0 Å². The van der Waals surface area contributed by atoms with Crippen LogP contribution < -0.4 is 5.32 Å². The number of benzene rings is 2. The predicted octanol–water partition coefficient (Wildman–Crippen LogP) is 4.50. The summed E-state index contributed by atoms with van der Waals surface area (Å²) in [5.41, 5.74) is 0.161. The van der Waals surface area contributed by atoms with E-state index in [0.29, 0.717) is 19.3 Å². The zero-order valence-electron chi connectivity index (χ0n) is 20.6. The summed E-state index contributed by atoms with van der Waals surface area (Å²) in [5, 5.41) is 9.31. The van der Waals surface area contributed by atoms with Gasteiger partial charge in [0.15, 0.2) is 5.78 Å². The van der Waals surface area contributed by atoms with Gasteiger partial charge in [-0.3, -0.25) is 14.4 Å². The Morgan fingerprint density at radius 3 is 2.50 bits per heavy atom. The summed E-state index contributed by atoms with van der Waals surface area (Å²) >= 11 is 0. The Labute approximate surface area is 200 Å². The Morgan fingerprint density at radius 2 is 1.82 bits per heavy atom. The van der Waals surface area contributed by atoms with Crippen LogP contribution in [-0.2, 0) is 30.4 Å². The normalized spacial score (nSPS) is 18.7. The first-order valence-electron chi connectivity index (χ1n) is 11.8. The monoisotopic (exact) mass is 466 g/mol. The quantitative estimate of drug-likeness (QED) is 0.549. The van der Waals surface area contributed by atoms with Crippen molar-refractivity contribution in [1.82, 2.24) is 5.32 Å². The molecule has 0 aromatic heterocycles. The maximum Gasteiger partial charge on any atom is 0.308 e. The molecular formula is C27H34N2O5. The third-order valence-electron chi connectivity index (χ3n) is 5.97. The highest BCUT2D eigenvalue weighted by molar-refractivity contribution is 5.98. The maximum absolute atomic E-state index is 13.2. The number of nitrogens with one attached hydrogen (secondary N) is 1. The van der Waals surface area contributed by atoms with E-state index >= 15 is 0 Å². The van der Waals surface area contributed by atoms with Gasteiger partial charge in [0.25, 0.3) is 5.91 Å². The van der Waals surface area contributed by atoms with Gasteiger partial charge in [-0.15, -0.1) is 0 Å². The van der Waals surface area contributed by atoms with Gasteiger partial charge in [-0.1, -0.05) is 54.5 Å². The minimum Gasteiger partial charge on any atom is -0.460 e. The number of carbonyl (C=O) groups excluding carboxylic acids is 3. The van der Waals surface area contributed by atoms with E-state index < -0.39 is 29.1 Å². The molecule has 1 unspecified atom stereocenters. The molecule has 2 atom stereocenters. The lowest BCUT2D eigenvalue weighted by Crippen LogP contribution is -2.52. The molecule has 1 aliphatic heterocycles. The highest BCUT2D eigenvalue weighted by Gasteiger charge is 2.46. The molecule has 0 saturated heterocycles. The average molecular weight is 467 g/mol. The highest BCUT2D eigenvalue weighted by Crippen LogP contribution is 2.30. The first-order chi connectivity index (χ1) is 16.0. The second-order valence-corrected chi connectivity index (χ2v) is 9.84. The van der Waals surface area contributed by atoms with Crippen LogP contribution in [0, 0.1) is 0 Å². The summed E-state index contributed by atoms with van der Waals surface area (Å²) < 4.78 is 5.30. The number of Topliss-reactive ketones (excluding diaryl/α,β-unsaturated/α-hetero) is 1. The Hall–Kier alpha value is -3.22. The van der Waals surface area contributed by atoms with Crippen molar-refractivity contribution in [2.24, 2.45) is 5.16 Å². The van der Waals surface area contributed by atoms with Crippen LogP contribution in [0.2, 0.25) is 0 Å². The molecule has 0 saturated carbocycles. The molecule has 2 aromatic rings. The summed E-state index contributed by atoms with van der Waals surface area (Å²) in [4.78, 5) is 43.2. The summed E-state index contributed by atoms with van der Waals surface area (Å²) in [6.07, 6.45) is 1.94. The van der Waals surface area contributed by atoms with Gasteiger partial charge in [0.05, 0.1) is 18.2 Å². The standard InChI is InChI=1S/C27H34N2O5/c1-6-27(25(32)28-23(18(2)30)16-24(31)33-26(3,4)5)17-21(29-34-27)15-14-20-12-9-11-19-10-7-8-13-22(19)20/h7-13,23H,6,14-17H2,1-5H3,(H,28,32)/t23-,27?/m0/s1. The number of ketones is 1. The molecule has 2 aromatic carbocycles. The van der Waals surface area contributed by atoms with Crippen molar-refractivity contribution in [2.45, 2.75) is 84.0 Å². The third-order valence-corrected chi connectivity index (χ3v) is 5.97. The Kier molecular flexibility index (Phi) is 7.75. The number of aryl methyl sites for hydroxylation is 1. The van der Waals surface area contributed by atoms with Gasteiger partial charge in [0.1, 0.15) is 5.60 Å². The lowest BCUT2D eigenvalue weighted by molar-refractivity contribution is -0.157. The van der Waals surface area contributed by atoms with E-state index in [9.17, 15) is 14.4 Å². The van der Waals surface area contributed by atoms with E-state index in [1.54, 1.807) is 20.8 Å². The van der Waals surface area contributed by atoms with Gasteiger partial charge in [-0.25, -0.2) is 0 Å². The number of hydrogen-bond donors (Lipinski definition) is 1.